The highest BCUT2D eigenvalue weighted by Crippen LogP contribution is 2.22. The van der Waals surface area contributed by atoms with E-state index in [4.69, 9.17) is 0 Å². The first-order valence-electron chi connectivity index (χ1n) is 9.21. The van der Waals surface area contributed by atoms with Crippen LogP contribution in [0.1, 0.15) is 21.6 Å². The van der Waals surface area contributed by atoms with E-state index in [1.54, 1.807) is 4.68 Å². The molecule has 0 aliphatic heterocycles. The molecule has 0 fully saturated rings. The van der Waals surface area contributed by atoms with Crippen LogP contribution in [0.2, 0.25) is 0 Å². The second-order valence-corrected chi connectivity index (χ2v) is 6.77. The predicted octanol–water partition coefficient (Wildman–Crippen LogP) is 5.41. The van der Waals surface area contributed by atoms with Crippen LogP contribution in [0.4, 0.5) is 5.82 Å². The van der Waals surface area contributed by atoms with Gasteiger partial charge in [0, 0.05) is 11.6 Å². The van der Waals surface area contributed by atoms with Gasteiger partial charge in [-0.25, -0.2) is 4.68 Å². The molecule has 0 unspecified atom stereocenters. The van der Waals surface area contributed by atoms with Crippen LogP contribution in [0.3, 0.4) is 0 Å². The molecule has 1 N–H and O–H groups in total. The fourth-order valence-corrected chi connectivity index (χ4v) is 3.21. The summed E-state index contributed by atoms with van der Waals surface area (Å²) in [6.07, 6.45) is 0. The highest BCUT2D eigenvalue weighted by molar-refractivity contribution is 6.04. The van der Waals surface area contributed by atoms with Gasteiger partial charge in [-0.3, -0.25) is 4.79 Å². The van der Waals surface area contributed by atoms with Crippen molar-refractivity contribution in [3.8, 4) is 16.8 Å². The predicted molar refractivity (Wildman–Crippen MR) is 113 cm³/mol. The van der Waals surface area contributed by atoms with E-state index >= 15 is 0 Å². The van der Waals surface area contributed by atoms with Gasteiger partial charge in [0.15, 0.2) is 0 Å². The summed E-state index contributed by atoms with van der Waals surface area (Å²) in [5.74, 6) is 0.498. The molecule has 0 aliphatic rings. The first kappa shape index (κ1) is 17.7. The Morgan fingerprint density at radius 1 is 0.821 bits per heavy atom. The minimum Gasteiger partial charge on any atom is -0.306 e. The molecule has 138 valence electrons. The van der Waals surface area contributed by atoms with Crippen molar-refractivity contribution in [2.45, 2.75) is 13.8 Å². The molecule has 4 heteroatoms. The zero-order chi connectivity index (χ0) is 19.5. The van der Waals surface area contributed by atoms with Crippen LogP contribution in [0.5, 0.6) is 0 Å². The van der Waals surface area contributed by atoms with Crippen LogP contribution in [-0.2, 0) is 0 Å². The summed E-state index contributed by atoms with van der Waals surface area (Å²) in [7, 11) is 0. The van der Waals surface area contributed by atoms with E-state index in [1.165, 1.54) is 0 Å². The maximum Gasteiger partial charge on any atom is 0.256 e. The van der Waals surface area contributed by atoms with E-state index in [9.17, 15) is 4.79 Å². The number of hydrogen-bond acceptors (Lipinski definition) is 2. The van der Waals surface area contributed by atoms with Gasteiger partial charge in [-0.15, -0.1) is 0 Å². The molecule has 0 radical (unpaired) electrons. The average molecular weight is 367 g/mol. The summed E-state index contributed by atoms with van der Waals surface area (Å²) in [4.78, 5) is 12.8. The van der Waals surface area contributed by atoms with E-state index in [0.717, 1.165) is 28.1 Å². The van der Waals surface area contributed by atoms with E-state index in [1.807, 2.05) is 86.6 Å². The lowest BCUT2D eigenvalue weighted by Crippen LogP contribution is -2.15. The standard InChI is InChI=1S/C24H21N3O/c1-17-8-6-7-11-22(17)27-23(16-18(2)26-27)25-24(28)21-14-12-20(13-15-21)19-9-4-3-5-10-19/h3-16H,1-2H3,(H,25,28). The molecule has 1 heterocycles. The molecule has 0 bridgehead atoms. The Morgan fingerprint density at radius 3 is 2.18 bits per heavy atom. The van der Waals surface area contributed by atoms with Crippen LogP contribution >= 0.6 is 0 Å². The van der Waals surface area contributed by atoms with Gasteiger partial charge in [-0.1, -0.05) is 60.7 Å². The maximum atomic E-state index is 12.8. The maximum absolute atomic E-state index is 12.8. The normalized spacial score (nSPS) is 10.6. The van der Waals surface area contributed by atoms with Crippen molar-refractivity contribution in [3.05, 3.63) is 102 Å². The molecule has 0 saturated carbocycles. The number of carbonyl (C=O) groups is 1. The quantitative estimate of drug-likeness (QED) is 0.524. The molecule has 1 aromatic heterocycles. The third-order valence-corrected chi connectivity index (χ3v) is 4.67. The highest BCUT2D eigenvalue weighted by atomic mass is 16.1. The molecule has 0 aliphatic carbocycles. The van der Waals surface area contributed by atoms with E-state index < -0.39 is 0 Å². The third kappa shape index (κ3) is 3.58. The summed E-state index contributed by atoms with van der Waals surface area (Å²) in [5, 5.41) is 7.54. The van der Waals surface area contributed by atoms with Gasteiger partial charge >= 0.3 is 0 Å². The zero-order valence-electron chi connectivity index (χ0n) is 15.9. The first-order chi connectivity index (χ1) is 13.6. The van der Waals surface area contributed by atoms with E-state index in [0.29, 0.717) is 11.4 Å². The van der Waals surface area contributed by atoms with Gasteiger partial charge in [0.05, 0.1) is 11.4 Å². The molecule has 0 atom stereocenters. The molecule has 4 aromatic rings. The molecule has 0 spiro atoms. The van der Waals surface area contributed by atoms with Gasteiger partial charge in [-0.05, 0) is 48.7 Å². The van der Waals surface area contributed by atoms with Crippen molar-refractivity contribution >= 4 is 11.7 Å². The fraction of sp³-hybridized carbons (Fsp3) is 0.0833. The molecule has 4 rings (SSSR count). The van der Waals surface area contributed by atoms with Crippen molar-refractivity contribution in [3.63, 3.8) is 0 Å². The number of aromatic nitrogens is 2. The van der Waals surface area contributed by atoms with Crippen LogP contribution in [-0.4, -0.2) is 15.7 Å². The minimum absolute atomic E-state index is 0.158. The van der Waals surface area contributed by atoms with Crippen molar-refractivity contribution in [1.82, 2.24) is 9.78 Å². The number of carbonyl (C=O) groups excluding carboxylic acids is 1. The summed E-state index contributed by atoms with van der Waals surface area (Å²) in [6, 6.07) is 27.6. The van der Waals surface area contributed by atoms with Crippen LogP contribution in [0.15, 0.2) is 84.9 Å². The Labute approximate surface area is 164 Å². The number of nitrogens with one attached hydrogen (secondary N) is 1. The highest BCUT2D eigenvalue weighted by Gasteiger charge is 2.13. The number of rotatable bonds is 4. The Hall–Kier alpha value is -3.66. The van der Waals surface area contributed by atoms with Crippen LogP contribution < -0.4 is 5.32 Å². The van der Waals surface area contributed by atoms with Crippen LogP contribution in [0.25, 0.3) is 16.8 Å². The van der Waals surface area contributed by atoms with E-state index in [-0.39, 0.29) is 5.91 Å². The summed E-state index contributed by atoms with van der Waals surface area (Å²) in [6.45, 7) is 3.94. The lowest BCUT2D eigenvalue weighted by atomic mass is 10.0. The van der Waals surface area contributed by atoms with Crippen molar-refractivity contribution in [2.75, 3.05) is 5.32 Å². The molecule has 28 heavy (non-hydrogen) atoms. The smallest absolute Gasteiger partial charge is 0.256 e. The Kier molecular flexibility index (Phi) is 4.77. The molecule has 0 saturated heterocycles. The fourth-order valence-electron chi connectivity index (χ4n) is 3.21. The summed E-state index contributed by atoms with van der Waals surface area (Å²) in [5.41, 5.74) is 5.70. The zero-order valence-corrected chi connectivity index (χ0v) is 15.9. The summed E-state index contributed by atoms with van der Waals surface area (Å²) < 4.78 is 1.78. The Morgan fingerprint density at radius 2 is 1.46 bits per heavy atom. The number of benzene rings is 3. The molecular formula is C24H21N3O. The van der Waals surface area contributed by atoms with Crippen molar-refractivity contribution in [2.24, 2.45) is 0 Å². The molecule has 4 nitrogen and oxygen atoms in total. The summed E-state index contributed by atoms with van der Waals surface area (Å²) >= 11 is 0. The number of anilines is 1. The van der Waals surface area contributed by atoms with E-state index in [2.05, 4.69) is 22.5 Å². The second kappa shape index (κ2) is 7.53. The Balaban J connectivity index is 1.59. The number of hydrogen-bond donors (Lipinski definition) is 1. The second-order valence-electron chi connectivity index (χ2n) is 6.77. The van der Waals surface area contributed by atoms with Crippen LogP contribution in [0, 0.1) is 13.8 Å². The average Bonchev–Trinajstić information content (AvgIpc) is 3.09. The number of amides is 1. The lowest BCUT2D eigenvalue weighted by molar-refractivity contribution is 0.102. The Bertz CT molecular complexity index is 1110. The van der Waals surface area contributed by atoms with Gasteiger partial charge in [0.2, 0.25) is 0 Å². The molecular weight excluding hydrogens is 346 g/mol. The topological polar surface area (TPSA) is 46.9 Å². The SMILES string of the molecule is Cc1cc(NC(=O)c2ccc(-c3ccccc3)cc2)n(-c2ccccc2C)n1. The van der Waals surface area contributed by atoms with Crippen molar-refractivity contribution in [1.29, 1.82) is 0 Å². The lowest BCUT2D eigenvalue weighted by Gasteiger charge is -2.11. The van der Waals surface area contributed by atoms with Gasteiger partial charge in [-0.2, -0.15) is 5.10 Å². The number of aryl methyl sites for hydroxylation is 2. The minimum atomic E-state index is -0.158. The molecule has 3 aromatic carbocycles. The molecule has 1 amide bonds. The monoisotopic (exact) mass is 367 g/mol. The van der Waals surface area contributed by atoms with Gasteiger partial charge in [0.1, 0.15) is 5.82 Å². The van der Waals surface area contributed by atoms with Gasteiger partial charge < -0.3 is 5.32 Å². The van der Waals surface area contributed by atoms with Crippen molar-refractivity contribution < 1.29 is 4.79 Å². The number of nitrogens with zero attached hydrogens (tertiary/aromatic N) is 2. The van der Waals surface area contributed by atoms with Gasteiger partial charge in [0.25, 0.3) is 5.91 Å². The first-order valence-corrected chi connectivity index (χ1v) is 9.21. The third-order valence-electron chi connectivity index (χ3n) is 4.67. The number of para-hydroxylation sites is 1. The largest absolute Gasteiger partial charge is 0.306 e.